The van der Waals surface area contributed by atoms with Crippen LogP contribution in [0.5, 0.6) is 0 Å². The van der Waals surface area contributed by atoms with Crippen LogP contribution >= 0.6 is 0 Å². The van der Waals surface area contributed by atoms with Crippen molar-refractivity contribution in [1.82, 2.24) is 0 Å². The van der Waals surface area contributed by atoms with E-state index in [4.69, 9.17) is 14.2 Å². The lowest BCUT2D eigenvalue weighted by Crippen LogP contribution is -2.30. The molecule has 0 spiro atoms. The molecule has 0 fully saturated rings. The Hall–Kier alpha value is -3.15. The molecule has 0 N–H and O–H groups in total. The van der Waals surface area contributed by atoms with Crippen molar-refractivity contribution in [2.75, 3.05) is 13.2 Å². The van der Waals surface area contributed by atoms with Crippen molar-refractivity contribution >= 4 is 17.9 Å². The first-order valence-corrected chi connectivity index (χ1v) is 26.4. The van der Waals surface area contributed by atoms with E-state index in [1.807, 2.05) is 6.08 Å². The molecule has 0 aromatic rings. The van der Waals surface area contributed by atoms with Gasteiger partial charge in [0.2, 0.25) is 0 Å². The summed E-state index contributed by atoms with van der Waals surface area (Å²) in [5.74, 6) is -0.991. The van der Waals surface area contributed by atoms with Crippen LogP contribution in [0.2, 0.25) is 0 Å². The molecule has 0 saturated heterocycles. The smallest absolute Gasteiger partial charge is 0.306 e. The fourth-order valence-electron chi connectivity index (χ4n) is 7.18. The number of rotatable bonds is 47. The van der Waals surface area contributed by atoms with Crippen molar-refractivity contribution in [3.05, 3.63) is 72.9 Å². The standard InChI is InChI=1S/C57H98O6/c1-4-7-10-13-16-19-22-24-26-27-28-29-31-33-36-39-42-45-48-51-57(60)63-54(52-61-55(58)49-46-43-40-37-34-21-18-15-12-9-6-3)53-62-56(59)50-47-44-41-38-35-32-30-25-23-20-17-14-11-8-5-2/h16,19-20,23-24,26,28-29,33,36,42,45,54H,4-15,17-18,21-22,25,27,30-32,34-35,37-41,43-44,46-53H2,1-3H3/b19-16-,23-20-,26-24-,29-28-,36-33-,45-42-/t54-/m0/s1. The lowest BCUT2D eigenvalue weighted by atomic mass is 10.1. The highest BCUT2D eigenvalue weighted by molar-refractivity contribution is 5.71. The average Bonchev–Trinajstić information content (AvgIpc) is 3.28. The molecule has 0 aliphatic rings. The van der Waals surface area contributed by atoms with Gasteiger partial charge in [-0.15, -0.1) is 0 Å². The minimum atomic E-state index is -0.814. The molecule has 0 aromatic heterocycles. The Morgan fingerprint density at radius 1 is 0.317 bits per heavy atom. The molecule has 0 radical (unpaired) electrons. The van der Waals surface area contributed by atoms with Crippen molar-refractivity contribution in [2.45, 2.75) is 258 Å². The van der Waals surface area contributed by atoms with E-state index in [-0.39, 0.29) is 31.6 Å². The summed E-state index contributed by atoms with van der Waals surface area (Å²) >= 11 is 0. The summed E-state index contributed by atoms with van der Waals surface area (Å²) in [4.78, 5) is 37.9. The first-order chi connectivity index (χ1) is 31.0. The zero-order valence-electron chi connectivity index (χ0n) is 41.3. The van der Waals surface area contributed by atoms with E-state index >= 15 is 0 Å². The summed E-state index contributed by atoms with van der Waals surface area (Å²) in [7, 11) is 0. The molecule has 0 aliphatic carbocycles. The van der Waals surface area contributed by atoms with Crippen LogP contribution in [0, 0.1) is 0 Å². The Balaban J connectivity index is 4.49. The maximum absolute atomic E-state index is 12.8. The predicted molar refractivity (Wildman–Crippen MR) is 270 cm³/mol. The van der Waals surface area contributed by atoms with Gasteiger partial charge in [0.05, 0.1) is 0 Å². The molecule has 6 heteroatoms. The molecular formula is C57H98O6. The topological polar surface area (TPSA) is 78.9 Å². The number of ether oxygens (including phenoxy) is 3. The zero-order chi connectivity index (χ0) is 45.8. The molecule has 0 unspecified atom stereocenters. The van der Waals surface area contributed by atoms with Crippen LogP contribution < -0.4 is 0 Å². The molecule has 1 atom stereocenters. The highest BCUT2D eigenvalue weighted by atomic mass is 16.6. The van der Waals surface area contributed by atoms with Gasteiger partial charge in [-0.1, -0.05) is 222 Å². The van der Waals surface area contributed by atoms with Crippen molar-refractivity contribution in [2.24, 2.45) is 0 Å². The minimum Gasteiger partial charge on any atom is -0.462 e. The van der Waals surface area contributed by atoms with Crippen LogP contribution in [0.15, 0.2) is 72.9 Å². The van der Waals surface area contributed by atoms with Crippen LogP contribution in [0.4, 0.5) is 0 Å². The van der Waals surface area contributed by atoms with Gasteiger partial charge in [0, 0.05) is 19.3 Å². The predicted octanol–water partition coefficient (Wildman–Crippen LogP) is 17.4. The molecule has 0 aromatic carbocycles. The maximum Gasteiger partial charge on any atom is 0.306 e. The molecule has 0 heterocycles. The summed E-state index contributed by atoms with van der Waals surface area (Å²) < 4.78 is 16.7. The molecule has 0 saturated carbocycles. The third-order valence-corrected chi connectivity index (χ3v) is 11.2. The third-order valence-electron chi connectivity index (χ3n) is 11.2. The SMILES string of the molecule is CCCCC/C=C\C/C=C\C/C=C\C/C=C\C/C=C\CCC(=O)O[C@H](COC(=O)CCCCCCCCC/C=C\CCCCCC)COC(=O)CCCCCCCCCCCCC. The molecule has 0 aliphatic heterocycles. The monoisotopic (exact) mass is 879 g/mol. The van der Waals surface area contributed by atoms with Gasteiger partial charge in [-0.05, 0) is 83.5 Å². The molecule has 63 heavy (non-hydrogen) atoms. The summed E-state index contributed by atoms with van der Waals surface area (Å²) in [6.45, 7) is 6.53. The Morgan fingerprint density at radius 3 is 1.02 bits per heavy atom. The molecule has 6 nitrogen and oxygen atoms in total. The lowest BCUT2D eigenvalue weighted by molar-refractivity contribution is -0.166. The van der Waals surface area contributed by atoms with Gasteiger partial charge >= 0.3 is 17.9 Å². The van der Waals surface area contributed by atoms with Crippen molar-refractivity contribution < 1.29 is 28.6 Å². The Kier molecular flexibility index (Phi) is 48.9. The van der Waals surface area contributed by atoms with Gasteiger partial charge in [0.15, 0.2) is 6.10 Å². The number of hydrogen-bond donors (Lipinski definition) is 0. The highest BCUT2D eigenvalue weighted by Gasteiger charge is 2.19. The van der Waals surface area contributed by atoms with Crippen LogP contribution in [-0.4, -0.2) is 37.2 Å². The maximum atomic E-state index is 12.8. The minimum absolute atomic E-state index is 0.105. The zero-order valence-corrected chi connectivity index (χ0v) is 41.3. The largest absolute Gasteiger partial charge is 0.462 e. The second-order valence-corrected chi connectivity index (χ2v) is 17.4. The number of allylic oxidation sites excluding steroid dienone is 12. The van der Waals surface area contributed by atoms with Crippen LogP contribution in [-0.2, 0) is 28.6 Å². The van der Waals surface area contributed by atoms with Gasteiger partial charge in [-0.25, -0.2) is 0 Å². The van der Waals surface area contributed by atoms with E-state index in [2.05, 4.69) is 87.6 Å². The Labute approximate surface area is 389 Å². The van der Waals surface area contributed by atoms with Crippen molar-refractivity contribution in [3.63, 3.8) is 0 Å². The van der Waals surface area contributed by atoms with Crippen LogP contribution in [0.25, 0.3) is 0 Å². The number of esters is 3. The fourth-order valence-corrected chi connectivity index (χ4v) is 7.18. The van der Waals surface area contributed by atoms with E-state index < -0.39 is 12.1 Å². The van der Waals surface area contributed by atoms with Crippen molar-refractivity contribution in [3.8, 4) is 0 Å². The molecule has 0 amide bonds. The summed E-state index contributed by atoms with van der Waals surface area (Å²) in [5.41, 5.74) is 0. The average molecular weight is 879 g/mol. The normalized spacial score (nSPS) is 12.6. The van der Waals surface area contributed by atoms with Crippen molar-refractivity contribution in [1.29, 1.82) is 0 Å². The van der Waals surface area contributed by atoms with Gasteiger partial charge in [-0.3, -0.25) is 14.4 Å². The van der Waals surface area contributed by atoms with E-state index in [1.54, 1.807) is 0 Å². The second kappa shape index (κ2) is 51.5. The van der Waals surface area contributed by atoms with E-state index in [0.717, 1.165) is 64.2 Å². The van der Waals surface area contributed by atoms with E-state index in [1.165, 1.54) is 141 Å². The Bertz CT molecular complexity index is 1190. The number of unbranched alkanes of at least 4 members (excludes halogenated alkanes) is 24. The van der Waals surface area contributed by atoms with E-state index in [0.29, 0.717) is 19.3 Å². The highest BCUT2D eigenvalue weighted by Crippen LogP contribution is 2.14. The van der Waals surface area contributed by atoms with Gasteiger partial charge in [0.1, 0.15) is 13.2 Å². The molecule has 0 bridgehead atoms. The van der Waals surface area contributed by atoms with Crippen LogP contribution in [0.1, 0.15) is 252 Å². The quantitative estimate of drug-likeness (QED) is 0.0262. The Morgan fingerprint density at radius 2 is 0.603 bits per heavy atom. The van der Waals surface area contributed by atoms with Gasteiger partial charge in [-0.2, -0.15) is 0 Å². The summed E-state index contributed by atoms with van der Waals surface area (Å²) in [6, 6.07) is 0. The number of carbonyl (C=O) groups is 3. The van der Waals surface area contributed by atoms with Crippen LogP contribution in [0.3, 0.4) is 0 Å². The first-order valence-electron chi connectivity index (χ1n) is 26.4. The summed E-state index contributed by atoms with van der Waals surface area (Å²) in [5, 5.41) is 0. The van der Waals surface area contributed by atoms with Gasteiger partial charge in [0.25, 0.3) is 0 Å². The second-order valence-electron chi connectivity index (χ2n) is 17.4. The lowest BCUT2D eigenvalue weighted by Gasteiger charge is -2.18. The van der Waals surface area contributed by atoms with Gasteiger partial charge < -0.3 is 14.2 Å². The number of carbonyl (C=O) groups excluding carboxylic acids is 3. The molecular weight excluding hydrogens is 781 g/mol. The number of hydrogen-bond acceptors (Lipinski definition) is 6. The third kappa shape index (κ3) is 49.7. The molecule has 362 valence electrons. The van der Waals surface area contributed by atoms with E-state index in [9.17, 15) is 14.4 Å². The fraction of sp³-hybridized carbons (Fsp3) is 0.737. The first kappa shape index (κ1) is 59.9. The summed E-state index contributed by atoms with van der Waals surface area (Å²) in [6.07, 6.45) is 64.7. The molecule has 0 rings (SSSR count).